The Morgan fingerprint density at radius 3 is 2.50 bits per heavy atom. The molecule has 8 nitrogen and oxygen atoms in total. The Kier molecular flexibility index (Phi) is 7.86. The van der Waals surface area contributed by atoms with Crippen molar-refractivity contribution in [2.75, 3.05) is 6.61 Å². The average Bonchev–Trinajstić information content (AvgIpc) is 2.98. The molecule has 1 amide bonds. The Morgan fingerprint density at radius 1 is 1.25 bits per heavy atom. The number of fused-ring (bicyclic) bond motifs is 1. The van der Waals surface area contributed by atoms with Crippen molar-refractivity contribution in [2.45, 2.75) is 53.0 Å². The second kappa shape index (κ2) is 10.1. The fourth-order valence-electron chi connectivity index (χ4n) is 3.02. The number of hydrogen-bond acceptors (Lipinski definition) is 6. The van der Waals surface area contributed by atoms with E-state index in [1.165, 1.54) is 12.1 Å². The third kappa shape index (κ3) is 5.25. The van der Waals surface area contributed by atoms with Crippen LogP contribution in [0.4, 0.5) is 5.69 Å². The van der Waals surface area contributed by atoms with Crippen LogP contribution in [0.5, 0.6) is 0 Å². The molecule has 0 aliphatic carbocycles. The molecule has 0 saturated carbocycles. The van der Waals surface area contributed by atoms with E-state index in [-0.39, 0.29) is 30.7 Å². The standard InChI is InChI=1S/C19H25N3O5S/c1-4-7-13(8-5-2)18(24)20-19-21(12-17(23)27-6-3)15-10-9-14(22(25)26)11-16(15)28-19/h9-11,13H,4-8,12H2,1-3H3. The van der Waals surface area contributed by atoms with Gasteiger partial charge in [0.2, 0.25) is 0 Å². The topological polar surface area (TPSA) is 104 Å². The van der Waals surface area contributed by atoms with Gasteiger partial charge in [-0.1, -0.05) is 38.0 Å². The Balaban J connectivity index is 2.56. The number of carbonyl (C=O) groups is 2. The number of nitro benzene ring substituents is 1. The van der Waals surface area contributed by atoms with Gasteiger partial charge in [0, 0.05) is 18.1 Å². The van der Waals surface area contributed by atoms with Gasteiger partial charge in [0.25, 0.3) is 11.6 Å². The van der Waals surface area contributed by atoms with Gasteiger partial charge < -0.3 is 9.30 Å². The van der Waals surface area contributed by atoms with Crippen LogP contribution >= 0.6 is 11.3 Å². The summed E-state index contributed by atoms with van der Waals surface area (Å²) in [6, 6.07) is 4.38. The zero-order chi connectivity index (χ0) is 20.7. The summed E-state index contributed by atoms with van der Waals surface area (Å²) in [6.07, 6.45) is 3.27. The van der Waals surface area contributed by atoms with Crippen LogP contribution < -0.4 is 4.80 Å². The van der Waals surface area contributed by atoms with Gasteiger partial charge in [-0.05, 0) is 25.8 Å². The van der Waals surface area contributed by atoms with Crippen LogP contribution in [0.15, 0.2) is 23.2 Å². The van der Waals surface area contributed by atoms with Crippen molar-refractivity contribution in [1.82, 2.24) is 4.57 Å². The Labute approximate surface area is 167 Å². The summed E-state index contributed by atoms with van der Waals surface area (Å²) in [5, 5.41) is 11.1. The number of hydrogen-bond donors (Lipinski definition) is 0. The Morgan fingerprint density at radius 2 is 1.93 bits per heavy atom. The molecule has 0 fully saturated rings. The highest BCUT2D eigenvalue weighted by Gasteiger charge is 2.19. The van der Waals surface area contributed by atoms with E-state index < -0.39 is 10.9 Å². The van der Waals surface area contributed by atoms with Crippen LogP contribution in [0.1, 0.15) is 46.5 Å². The van der Waals surface area contributed by atoms with Gasteiger partial charge in [-0.2, -0.15) is 4.99 Å². The number of esters is 1. The van der Waals surface area contributed by atoms with Crippen LogP contribution in [0, 0.1) is 16.0 Å². The number of non-ortho nitro benzene ring substituents is 1. The summed E-state index contributed by atoms with van der Waals surface area (Å²) < 4.78 is 7.20. The maximum Gasteiger partial charge on any atom is 0.326 e. The maximum atomic E-state index is 12.7. The Bertz CT molecular complexity index is 925. The molecule has 0 radical (unpaired) electrons. The molecule has 1 aromatic heterocycles. The van der Waals surface area contributed by atoms with Gasteiger partial charge >= 0.3 is 5.97 Å². The number of nitrogens with zero attached hydrogens (tertiary/aromatic N) is 3. The monoisotopic (exact) mass is 407 g/mol. The van der Waals surface area contributed by atoms with Crippen molar-refractivity contribution in [3.63, 3.8) is 0 Å². The first kappa shape index (κ1) is 21.7. The highest BCUT2D eigenvalue weighted by atomic mass is 32.1. The van der Waals surface area contributed by atoms with E-state index >= 15 is 0 Å². The smallest absolute Gasteiger partial charge is 0.326 e. The summed E-state index contributed by atoms with van der Waals surface area (Å²) in [6.45, 7) is 5.90. The summed E-state index contributed by atoms with van der Waals surface area (Å²) in [5.74, 6) is -0.832. The minimum absolute atomic E-state index is 0.0512. The number of aromatic nitrogens is 1. The predicted octanol–water partition coefficient (Wildman–Crippen LogP) is 3.82. The van der Waals surface area contributed by atoms with Gasteiger partial charge in [0.15, 0.2) is 4.80 Å². The van der Waals surface area contributed by atoms with E-state index in [1.54, 1.807) is 17.6 Å². The van der Waals surface area contributed by atoms with Crippen LogP contribution in [-0.2, 0) is 20.9 Å². The van der Waals surface area contributed by atoms with Crippen molar-refractivity contribution in [3.05, 3.63) is 33.1 Å². The number of thiazole rings is 1. The Hall–Kier alpha value is -2.55. The van der Waals surface area contributed by atoms with E-state index in [1.807, 2.05) is 13.8 Å². The molecular formula is C19H25N3O5S. The summed E-state index contributed by atoms with van der Waals surface area (Å²) >= 11 is 1.16. The third-order valence-electron chi connectivity index (χ3n) is 4.30. The number of benzene rings is 1. The van der Waals surface area contributed by atoms with E-state index in [4.69, 9.17) is 4.74 Å². The summed E-state index contributed by atoms with van der Waals surface area (Å²) in [7, 11) is 0. The lowest BCUT2D eigenvalue weighted by molar-refractivity contribution is -0.384. The van der Waals surface area contributed by atoms with Crippen molar-refractivity contribution in [3.8, 4) is 0 Å². The zero-order valence-corrected chi connectivity index (χ0v) is 17.2. The molecule has 0 aliphatic heterocycles. The molecule has 0 saturated heterocycles. The summed E-state index contributed by atoms with van der Waals surface area (Å²) in [4.78, 5) is 40.0. The third-order valence-corrected chi connectivity index (χ3v) is 5.34. The number of ether oxygens (including phenoxy) is 1. The van der Waals surface area contributed by atoms with Gasteiger partial charge in [-0.15, -0.1) is 0 Å². The minimum Gasteiger partial charge on any atom is -0.465 e. The molecule has 0 N–H and O–H groups in total. The lowest BCUT2D eigenvalue weighted by Crippen LogP contribution is -2.24. The molecule has 9 heteroatoms. The van der Waals surface area contributed by atoms with E-state index in [0.717, 1.165) is 37.0 Å². The van der Waals surface area contributed by atoms with E-state index in [0.29, 0.717) is 15.0 Å². The van der Waals surface area contributed by atoms with Crippen molar-refractivity contribution in [2.24, 2.45) is 10.9 Å². The van der Waals surface area contributed by atoms with Gasteiger partial charge in [-0.25, -0.2) is 0 Å². The molecule has 2 rings (SSSR count). The van der Waals surface area contributed by atoms with E-state index in [9.17, 15) is 19.7 Å². The number of rotatable bonds is 9. The van der Waals surface area contributed by atoms with Crippen LogP contribution in [0.25, 0.3) is 10.2 Å². The SMILES string of the molecule is CCCC(CCC)C(=O)N=c1sc2cc([N+](=O)[O-])ccc2n1CC(=O)OCC. The van der Waals surface area contributed by atoms with Gasteiger partial charge in [0.05, 0.1) is 21.7 Å². The quantitative estimate of drug-likeness (QED) is 0.357. The first-order chi connectivity index (χ1) is 13.4. The molecule has 152 valence electrons. The molecule has 0 bridgehead atoms. The van der Waals surface area contributed by atoms with Crippen LogP contribution in [0.2, 0.25) is 0 Å². The minimum atomic E-state index is -0.477. The lowest BCUT2D eigenvalue weighted by Gasteiger charge is -2.10. The molecule has 28 heavy (non-hydrogen) atoms. The largest absolute Gasteiger partial charge is 0.465 e. The van der Waals surface area contributed by atoms with Crippen LogP contribution in [0.3, 0.4) is 0 Å². The van der Waals surface area contributed by atoms with Crippen molar-refractivity contribution >= 4 is 39.1 Å². The summed E-state index contributed by atoms with van der Waals surface area (Å²) in [5.41, 5.74) is 0.558. The molecular weight excluding hydrogens is 382 g/mol. The number of amides is 1. The normalized spacial score (nSPS) is 11.9. The average molecular weight is 407 g/mol. The number of nitro groups is 1. The molecule has 1 heterocycles. The van der Waals surface area contributed by atoms with E-state index in [2.05, 4.69) is 4.99 Å². The highest BCUT2D eigenvalue weighted by molar-refractivity contribution is 7.16. The lowest BCUT2D eigenvalue weighted by atomic mass is 9.98. The van der Waals surface area contributed by atoms with Crippen molar-refractivity contribution < 1.29 is 19.2 Å². The molecule has 0 aliphatic rings. The molecule has 0 atom stereocenters. The maximum absolute atomic E-state index is 12.7. The van der Waals surface area contributed by atoms with Gasteiger partial charge in [-0.3, -0.25) is 19.7 Å². The number of carbonyl (C=O) groups excluding carboxylic acids is 2. The highest BCUT2D eigenvalue weighted by Crippen LogP contribution is 2.24. The molecule has 1 aromatic carbocycles. The molecule has 2 aromatic rings. The van der Waals surface area contributed by atoms with Crippen molar-refractivity contribution in [1.29, 1.82) is 0 Å². The molecule has 0 unspecified atom stereocenters. The van der Waals surface area contributed by atoms with Gasteiger partial charge in [0.1, 0.15) is 6.54 Å². The predicted molar refractivity (Wildman–Crippen MR) is 107 cm³/mol. The molecule has 0 spiro atoms. The second-order valence-corrected chi connectivity index (χ2v) is 7.42. The fourth-order valence-corrected chi connectivity index (χ4v) is 4.09. The first-order valence-electron chi connectivity index (χ1n) is 9.43. The first-order valence-corrected chi connectivity index (χ1v) is 10.2. The van der Waals surface area contributed by atoms with Crippen LogP contribution in [-0.4, -0.2) is 28.0 Å². The zero-order valence-electron chi connectivity index (χ0n) is 16.3. The second-order valence-electron chi connectivity index (χ2n) is 6.41. The fraction of sp³-hybridized carbons (Fsp3) is 0.526.